The Labute approximate surface area is 90.8 Å². The van der Waals surface area contributed by atoms with Gasteiger partial charge >= 0.3 is 0 Å². The van der Waals surface area contributed by atoms with Gasteiger partial charge in [0.2, 0.25) is 0 Å². The maximum absolute atomic E-state index is 5.83. The maximum Gasteiger partial charge on any atom is 0.187 e. The molecule has 2 N–H and O–H groups in total. The van der Waals surface area contributed by atoms with Gasteiger partial charge in [-0.3, -0.25) is 4.98 Å². The number of fused-ring (bicyclic) bond motifs is 1. The van der Waals surface area contributed by atoms with Crippen molar-refractivity contribution >= 4 is 11.3 Å². The minimum atomic E-state index is 0.558. The highest BCUT2D eigenvalue weighted by molar-refractivity contribution is 5.71. The predicted molar refractivity (Wildman–Crippen MR) is 58.4 cm³/mol. The standard InChI is InChI=1S/C10H8N6/c11-8-6-12-5-3-7(8)10-15-14-9-2-1-4-13-16(9)10/h1-6H,11H2. The van der Waals surface area contributed by atoms with Gasteiger partial charge in [-0.15, -0.1) is 10.2 Å². The van der Waals surface area contributed by atoms with Crippen molar-refractivity contribution in [2.24, 2.45) is 0 Å². The molecular formula is C10H8N6. The number of nitrogen functional groups attached to an aromatic ring is 1. The van der Waals surface area contributed by atoms with Gasteiger partial charge in [0.1, 0.15) is 0 Å². The van der Waals surface area contributed by atoms with Crippen LogP contribution in [-0.2, 0) is 0 Å². The summed E-state index contributed by atoms with van der Waals surface area (Å²) < 4.78 is 1.64. The van der Waals surface area contributed by atoms with Crippen molar-refractivity contribution in [3.63, 3.8) is 0 Å². The van der Waals surface area contributed by atoms with E-state index in [-0.39, 0.29) is 0 Å². The number of aromatic nitrogens is 5. The van der Waals surface area contributed by atoms with E-state index in [4.69, 9.17) is 5.73 Å². The van der Waals surface area contributed by atoms with E-state index >= 15 is 0 Å². The summed E-state index contributed by atoms with van der Waals surface area (Å²) in [5.41, 5.74) is 7.86. The quantitative estimate of drug-likeness (QED) is 0.644. The molecule has 3 heterocycles. The molecule has 16 heavy (non-hydrogen) atoms. The molecule has 0 aliphatic heterocycles. The van der Waals surface area contributed by atoms with E-state index in [0.717, 1.165) is 5.56 Å². The summed E-state index contributed by atoms with van der Waals surface area (Å²) in [6, 6.07) is 5.44. The van der Waals surface area contributed by atoms with Crippen LogP contribution in [0, 0.1) is 0 Å². The molecule has 0 atom stereocenters. The van der Waals surface area contributed by atoms with Crippen LogP contribution in [0.3, 0.4) is 0 Å². The number of rotatable bonds is 1. The molecule has 0 unspecified atom stereocenters. The molecule has 0 aliphatic rings. The van der Waals surface area contributed by atoms with Crippen LogP contribution in [0.5, 0.6) is 0 Å². The van der Waals surface area contributed by atoms with Gasteiger partial charge in [-0.05, 0) is 18.2 Å². The average molecular weight is 212 g/mol. The number of hydrogen-bond acceptors (Lipinski definition) is 5. The van der Waals surface area contributed by atoms with Crippen molar-refractivity contribution in [2.75, 3.05) is 5.73 Å². The summed E-state index contributed by atoms with van der Waals surface area (Å²) in [6.07, 6.45) is 4.92. The lowest BCUT2D eigenvalue weighted by atomic mass is 10.2. The first kappa shape index (κ1) is 8.78. The third kappa shape index (κ3) is 1.20. The van der Waals surface area contributed by atoms with E-state index in [0.29, 0.717) is 17.2 Å². The molecule has 3 rings (SSSR count). The Balaban J connectivity index is 2.31. The topological polar surface area (TPSA) is 82.0 Å². The molecule has 6 heteroatoms. The highest BCUT2D eigenvalue weighted by Crippen LogP contribution is 2.22. The lowest BCUT2D eigenvalue weighted by molar-refractivity contribution is 0.935. The zero-order valence-corrected chi connectivity index (χ0v) is 8.28. The van der Waals surface area contributed by atoms with Gasteiger partial charge < -0.3 is 5.73 Å². The van der Waals surface area contributed by atoms with E-state index in [9.17, 15) is 0 Å². The van der Waals surface area contributed by atoms with Gasteiger partial charge in [0.25, 0.3) is 0 Å². The molecule has 78 valence electrons. The minimum Gasteiger partial charge on any atom is -0.397 e. The van der Waals surface area contributed by atoms with Crippen molar-refractivity contribution in [1.29, 1.82) is 0 Å². The van der Waals surface area contributed by atoms with Crippen LogP contribution >= 0.6 is 0 Å². The molecule has 6 nitrogen and oxygen atoms in total. The van der Waals surface area contributed by atoms with E-state index in [1.54, 1.807) is 29.2 Å². The smallest absolute Gasteiger partial charge is 0.187 e. The monoisotopic (exact) mass is 212 g/mol. The van der Waals surface area contributed by atoms with Crippen molar-refractivity contribution in [1.82, 2.24) is 24.8 Å². The van der Waals surface area contributed by atoms with Crippen LogP contribution in [0.25, 0.3) is 17.0 Å². The highest BCUT2D eigenvalue weighted by Gasteiger charge is 2.10. The van der Waals surface area contributed by atoms with E-state index < -0.39 is 0 Å². The zero-order chi connectivity index (χ0) is 11.0. The molecule has 0 amide bonds. The fraction of sp³-hybridized carbons (Fsp3) is 0. The van der Waals surface area contributed by atoms with Crippen molar-refractivity contribution in [2.45, 2.75) is 0 Å². The lowest BCUT2D eigenvalue weighted by Gasteiger charge is -2.01. The average Bonchev–Trinajstić information content (AvgIpc) is 2.74. The van der Waals surface area contributed by atoms with Gasteiger partial charge in [0.05, 0.1) is 11.9 Å². The van der Waals surface area contributed by atoms with Gasteiger partial charge in [0, 0.05) is 18.0 Å². The third-order valence-electron chi connectivity index (χ3n) is 2.27. The second kappa shape index (κ2) is 3.27. The molecule has 0 aliphatic carbocycles. The first-order valence-corrected chi connectivity index (χ1v) is 4.72. The fourth-order valence-corrected chi connectivity index (χ4v) is 1.52. The maximum atomic E-state index is 5.83. The Kier molecular flexibility index (Phi) is 1.79. The lowest BCUT2D eigenvalue weighted by Crippen LogP contribution is -1.97. The minimum absolute atomic E-state index is 0.558. The largest absolute Gasteiger partial charge is 0.397 e. The van der Waals surface area contributed by atoms with E-state index in [2.05, 4.69) is 20.3 Å². The first-order valence-electron chi connectivity index (χ1n) is 4.72. The van der Waals surface area contributed by atoms with Crippen LogP contribution in [-0.4, -0.2) is 24.8 Å². The summed E-state index contributed by atoms with van der Waals surface area (Å²) in [5, 5.41) is 12.3. The second-order valence-corrected chi connectivity index (χ2v) is 3.28. The molecule has 0 saturated carbocycles. The second-order valence-electron chi connectivity index (χ2n) is 3.28. The molecule has 0 fully saturated rings. The summed E-state index contributed by atoms with van der Waals surface area (Å²) in [5.74, 6) is 0.621. The van der Waals surface area contributed by atoms with Crippen molar-refractivity contribution in [3.8, 4) is 11.4 Å². The van der Waals surface area contributed by atoms with Gasteiger partial charge in [0.15, 0.2) is 11.5 Å². The fourth-order valence-electron chi connectivity index (χ4n) is 1.52. The molecule has 0 saturated heterocycles. The predicted octanol–water partition coefficient (Wildman–Crippen LogP) is 0.768. The Morgan fingerprint density at radius 2 is 2.06 bits per heavy atom. The molecule has 0 radical (unpaired) electrons. The molecule has 3 aromatic rings. The van der Waals surface area contributed by atoms with E-state index in [1.165, 1.54) is 0 Å². The Morgan fingerprint density at radius 1 is 1.12 bits per heavy atom. The molecule has 0 aromatic carbocycles. The van der Waals surface area contributed by atoms with Crippen molar-refractivity contribution < 1.29 is 0 Å². The van der Waals surface area contributed by atoms with E-state index in [1.807, 2.05) is 12.1 Å². The SMILES string of the molecule is Nc1cnccc1-c1nnc2cccnn12. The number of pyridine rings is 1. The van der Waals surface area contributed by atoms with Crippen LogP contribution < -0.4 is 5.73 Å². The molecule has 3 aromatic heterocycles. The molecular weight excluding hydrogens is 204 g/mol. The van der Waals surface area contributed by atoms with Crippen molar-refractivity contribution in [3.05, 3.63) is 36.8 Å². The number of hydrogen-bond donors (Lipinski definition) is 1. The van der Waals surface area contributed by atoms with Gasteiger partial charge in [-0.25, -0.2) is 0 Å². The normalized spacial score (nSPS) is 10.8. The summed E-state index contributed by atoms with van der Waals surface area (Å²) >= 11 is 0. The number of anilines is 1. The highest BCUT2D eigenvalue weighted by atomic mass is 15.4. The van der Waals surface area contributed by atoms with Crippen LogP contribution in [0.1, 0.15) is 0 Å². The zero-order valence-electron chi connectivity index (χ0n) is 8.28. The van der Waals surface area contributed by atoms with Gasteiger partial charge in [-0.2, -0.15) is 9.61 Å². The first-order chi connectivity index (χ1) is 7.86. The Morgan fingerprint density at radius 3 is 2.94 bits per heavy atom. The van der Waals surface area contributed by atoms with Crippen LogP contribution in [0.4, 0.5) is 5.69 Å². The van der Waals surface area contributed by atoms with Crippen LogP contribution in [0.2, 0.25) is 0 Å². The summed E-state index contributed by atoms with van der Waals surface area (Å²) in [7, 11) is 0. The Bertz CT molecular complexity index is 644. The number of nitrogens with zero attached hydrogens (tertiary/aromatic N) is 5. The third-order valence-corrected chi connectivity index (χ3v) is 2.27. The Hall–Kier alpha value is -2.50. The van der Waals surface area contributed by atoms with Crippen LogP contribution in [0.15, 0.2) is 36.8 Å². The molecule has 0 bridgehead atoms. The summed E-state index contributed by atoms with van der Waals surface area (Å²) in [6.45, 7) is 0. The summed E-state index contributed by atoms with van der Waals surface area (Å²) in [4.78, 5) is 3.93. The number of nitrogens with two attached hydrogens (primary N) is 1. The molecule has 0 spiro atoms. The van der Waals surface area contributed by atoms with Gasteiger partial charge in [-0.1, -0.05) is 0 Å².